The molecule has 0 aromatic heterocycles. The van der Waals surface area contributed by atoms with Gasteiger partial charge < -0.3 is 5.11 Å². The van der Waals surface area contributed by atoms with Gasteiger partial charge in [0, 0.05) is 22.1 Å². The number of unbranched alkanes of at least 4 members (excludes halogenated alkanes) is 2. The Morgan fingerprint density at radius 2 is 2.06 bits per heavy atom. The quantitative estimate of drug-likeness (QED) is 0.778. The van der Waals surface area contributed by atoms with E-state index < -0.39 is 16.8 Å². The van der Waals surface area contributed by atoms with Gasteiger partial charge >= 0.3 is 5.97 Å². The Kier molecular flexibility index (Phi) is 6.22. The van der Waals surface area contributed by atoms with E-state index in [1.54, 1.807) is 24.3 Å². The van der Waals surface area contributed by atoms with E-state index in [4.69, 9.17) is 16.7 Å². The van der Waals surface area contributed by atoms with Crippen LogP contribution in [0.25, 0.3) is 0 Å². The minimum Gasteiger partial charge on any atom is -0.481 e. The average Bonchev–Trinajstić information content (AvgIpc) is 2.28. The van der Waals surface area contributed by atoms with E-state index in [9.17, 15) is 9.00 Å². The van der Waals surface area contributed by atoms with Crippen molar-refractivity contribution in [2.45, 2.75) is 30.6 Å². The lowest BCUT2D eigenvalue weighted by atomic mass is 10.2. The van der Waals surface area contributed by atoms with Crippen LogP contribution in [0, 0.1) is 0 Å². The normalized spacial score (nSPS) is 12.3. The van der Waals surface area contributed by atoms with Crippen LogP contribution in [-0.4, -0.2) is 21.0 Å². The zero-order valence-corrected chi connectivity index (χ0v) is 11.0. The summed E-state index contributed by atoms with van der Waals surface area (Å²) in [6.45, 7) is 0. The van der Waals surface area contributed by atoms with Gasteiger partial charge in [0.2, 0.25) is 0 Å². The maximum absolute atomic E-state index is 11.8. The van der Waals surface area contributed by atoms with Crippen molar-refractivity contribution in [2.75, 3.05) is 5.75 Å². The standard InChI is InChI=1S/C12H15ClO3S/c13-10-5-4-6-11(9-10)17(16)8-3-1-2-7-12(14)15/h4-6,9H,1-3,7-8H2,(H,14,15). The summed E-state index contributed by atoms with van der Waals surface area (Å²) in [5.74, 6) is -0.221. The minimum absolute atomic E-state index is 0.184. The lowest BCUT2D eigenvalue weighted by Gasteiger charge is -2.02. The molecule has 94 valence electrons. The number of aliphatic carboxylic acids is 1. The number of rotatable bonds is 7. The summed E-state index contributed by atoms with van der Waals surface area (Å²) in [7, 11) is -1.04. The monoisotopic (exact) mass is 274 g/mol. The van der Waals surface area contributed by atoms with Gasteiger partial charge in [-0.25, -0.2) is 0 Å². The summed E-state index contributed by atoms with van der Waals surface area (Å²) >= 11 is 5.81. The third-order valence-corrected chi connectivity index (χ3v) is 3.95. The first-order valence-corrected chi connectivity index (χ1v) is 7.15. The van der Waals surface area contributed by atoms with E-state index in [0.717, 1.165) is 17.7 Å². The second-order valence-corrected chi connectivity index (χ2v) is 5.72. The molecule has 0 bridgehead atoms. The molecule has 0 amide bonds. The predicted molar refractivity (Wildman–Crippen MR) is 68.8 cm³/mol. The number of benzene rings is 1. The van der Waals surface area contributed by atoms with Crippen LogP contribution in [0.3, 0.4) is 0 Å². The highest BCUT2D eigenvalue weighted by atomic mass is 35.5. The second kappa shape index (κ2) is 7.45. The topological polar surface area (TPSA) is 54.4 Å². The number of hydrogen-bond acceptors (Lipinski definition) is 2. The van der Waals surface area contributed by atoms with Crippen LogP contribution in [0.5, 0.6) is 0 Å². The van der Waals surface area contributed by atoms with E-state index in [-0.39, 0.29) is 6.42 Å². The first-order valence-electron chi connectivity index (χ1n) is 5.45. The van der Waals surface area contributed by atoms with Gasteiger partial charge in [0.15, 0.2) is 0 Å². The SMILES string of the molecule is O=C(O)CCCCCS(=O)c1cccc(Cl)c1. The first kappa shape index (κ1) is 14.2. The van der Waals surface area contributed by atoms with Gasteiger partial charge in [0.25, 0.3) is 0 Å². The molecular formula is C12H15ClO3S. The van der Waals surface area contributed by atoms with Gasteiger partial charge in [0.05, 0.1) is 10.8 Å². The molecule has 0 spiro atoms. The molecule has 0 fully saturated rings. The molecule has 1 atom stereocenters. The van der Waals surface area contributed by atoms with Crippen molar-refractivity contribution in [3.05, 3.63) is 29.3 Å². The van der Waals surface area contributed by atoms with Crippen molar-refractivity contribution >= 4 is 28.4 Å². The molecule has 1 N–H and O–H groups in total. The Morgan fingerprint density at radius 3 is 2.71 bits per heavy atom. The summed E-state index contributed by atoms with van der Waals surface area (Å²) in [5.41, 5.74) is 0. The van der Waals surface area contributed by atoms with Crippen LogP contribution in [0.1, 0.15) is 25.7 Å². The molecule has 5 heteroatoms. The van der Waals surface area contributed by atoms with Crippen LogP contribution in [0.15, 0.2) is 29.2 Å². The van der Waals surface area contributed by atoms with Gasteiger partial charge in [-0.05, 0) is 31.0 Å². The van der Waals surface area contributed by atoms with Crippen LogP contribution < -0.4 is 0 Å². The third kappa shape index (κ3) is 5.84. The van der Waals surface area contributed by atoms with E-state index in [0.29, 0.717) is 17.2 Å². The Hall–Kier alpha value is -0.870. The molecule has 1 aromatic rings. The molecule has 0 radical (unpaired) electrons. The molecule has 0 aliphatic carbocycles. The summed E-state index contributed by atoms with van der Waals surface area (Å²) < 4.78 is 11.8. The molecule has 0 saturated heterocycles. The fourth-order valence-corrected chi connectivity index (χ4v) is 2.86. The number of hydrogen-bond donors (Lipinski definition) is 1. The number of carboxylic acid groups (broad SMARTS) is 1. The molecule has 17 heavy (non-hydrogen) atoms. The van der Waals surface area contributed by atoms with Crippen LogP contribution in [-0.2, 0) is 15.6 Å². The fourth-order valence-electron chi connectivity index (χ4n) is 1.41. The molecule has 1 rings (SSSR count). The van der Waals surface area contributed by atoms with E-state index >= 15 is 0 Å². The predicted octanol–water partition coefficient (Wildman–Crippen LogP) is 3.09. The summed E-state index contributed by atoms with van der Waals surface area (Å²) in [5, 5.41) is 9.04. The second-order valence-electron chi connectivity index (χ2n) is 3.71. The van der Waals surface area contributed by atoms with E-state index in [2.05, 4.69) is 0 Å². The summed E-state index contributed by atoms with van der Waals surface area (Å²) in [4.78, 5) is 11.0. The highest BCUT2D eigenvalue weighted by Gasteiger charge is 2.04. The average molecular weight is 275 g/mol. The van der Waals surface area contributed by atoms with Crippen LogP contribution in [0.4, 0.5) is 0 Å². The van der Waals surface area contributed by atoms with Crippen molar-refractivity contribution < 1.29 is 14.1 Å². The molecule has 0 aliphatic rings. The molecule has 1 unspecified atom stereocenters. The van der Waals surface area contributed by atoms with Crippen LogP contribution in [0.2, 0.25) is 5.02 Å². The maximum Gasteiger partial charge on any atom is 0.303 e. The van der Waals surface area contributed by atoms with Gasteiger partial charge in [-0.3, -0.25) is 9.00 Å². The lowest BCUT2D eigenvalue weighted by Crippen LogP contribution is -1.99. The molecule has 1 aromatic carbocycles. The van der Waals surface area contributed by atoms with E-state index in [1.807, 2.05) is 0 Å². The zero-order valence-electron chi connectivity index (χ0n) is 9.39. The van der Waals surface area contributed by atoms with Crippen molar-refractivity contribution in [3.63, 3.8) is 0 Å². The fraction of sp³-hybridized carbons (Fsp3) is 0.417. The minimum atomic E-state index is -1.04. The van der Waals surface area contributed by atoms with Gasteiger partial charge in [-0.1, -0.05) is 24.1 Å². The number of carboxylic acids is 1. The Balaban J connectivity index is 2.28. The Bertz CT molecular complexity index is 406. The largest absolute Gasteiger partial charge is 0.481 e. The highest BCUT2D eigenvalue weighted by Crippen LogP contribution is 2.15. The molecule has 0 aliphatic heterocycles. The molecule has 3 nitrogen and oxygen atoms in total. The van der Waals surface area contributed by atoms with Crippen molar-refractivity contribution in [1.82, 2.24) is 0 Å². The van der Waals surface area contributed by atoms with Crippen molar-refractivity contribution in [3.8, 4) is 0 Å². The number of carbonyl (C=O) groups is 1. The number of halogens is 1. The molecule has 0 saturated carbocycles. The third-order valence-electron chi connectivity index (χ3n) is 2.28. The summed E-state index contributed by atoms with van der Waals surface area (Å²) in [6.07, 6.45) is 2.39. The first-order chi connectivity index (χ1) is 8.09. The van der Waals surface area contributed by atoms with Crippen molar-refractivity contribution in [2.24, 2.45) is 0 Å². The van der Waals surface area contributed by atoms with Crippen molar-refractivity contribution in [1.29, 1.82) is 0 Å². The highest BCUT2D eigenvalue weighted by molar-refractivity contribution is 7.85. The smallest absolute Gasteiger partial charge is 0.303 e. The summed E-state index contributed by atoms with van der Waals surface area (Å²) in [6, 6.07) is 7.02. The van der Waals surface area contributed by atoms with E-state index in [1.165, 1.54) is 0 Å². The van der Waals surface area contributed by atoms with Gasteiger partial charge in [-0.2, -0.15) is 0 Å². The van der Waals surface area contributed by atoms with Gasteiger partial charge in [0.1, 0.15) is 0 Å². The van der Waals surface area contributed by atoms with Crippen LogP contribution >= 0.6 is 11.6 Å². The lowest BCUT2D eigenvalue weighted by molar-refractivity contribution is -0.137. The maximum atomic E-state index is 11.8. The van der Waals surface area contributed by atoms with Gasteiger partial charge in [-0.15, -0.1) is 0 Å². The zero-order chi connectivity index (χ0) is 12.7. The Morgan fingerprint density at radius 1 is 1.29 bits per heavy atom. The molecule has 0 heterocycles. The Labute approximate surface area is 108 Å². The molecular weight excluding hydrogens is 260 g/mol.